The maximum Gasteiger partial charge on any atom is 0.159 e. The van der Waals surface area contributed by atoms with E-state index in [0.29, 0.717) is 0 Å². The zero-order valence-corrected chi connectivity index (χ0v) is 29.7. The van der Waals surface area contributed by atoms with Gasteiger partial charge in [-0.2, -0.15) is 0 Å². The highest BCUT2D eigenvalue weighted by molar-refractivity contribution is 6.69. The van der Waals surface area contributed by atoms with Crippen molar-refractivity contribution in [1.29, 1.82) is 0 Å². The number of hydrogen-bond acceptors (Lipinski definition) is 3. The first-order valence-corrected chi connectivity index (χ1v) is 17.5. The Labute approximate surface area is 297 Å². The first kappa shape index (κ1) is 30.7. The Morgan fingerprint density at radius 1 is 0.380 bits per heavy atom. The van der Waals surface area contributed by atoms with Crippen LogP contribution < -0.4 is 43.1 Å². The molecule has 9 rings (SSSR count). The van der Waals surface area contributed by atoms with Crippen LogP contribution in [-0.2, 0) is 0 Å². The molecule has 2 heterocycles. The first-order chi connectivity index (χ1) is 24.2. The monoisotopic (exact) mass is 635 g/mol. The normalized spacial score (nSPS) is 11.8. The molecule has 0 N–H and O–H groups in total. The predicted octanol–water partition coefficient (Wildman–Crippen LogP) is -0.416. The SMILES string of the molecule is Bc1c(B)c(B)c2c(oc3c(N(c4ccc(-c5ccccc5)cc4)c4cccc5c4oc4c6ccccc6ccc54)c(B)c(B)c(B)c32)c1B. The van der Waals surface area contributed by atoms with E-state index in [1.807, 2.05) is 0 Å². The Morgan fingerprint density at radius 3 is 1.72 bits per heavy atom. The number of furan rings is 2. The lowest BCUT2D eigenvalue weighted by atomic mass is 9.64. The number of fused-ring (bicyclic) bond motifs is 8. The molecule has 10 heteroatoms. The molecule has 0 amide bonds. The van der Waals surface area contributed by atoms with Crippen LogP contribution in [0, 0.1) is 0 Å². The summed E-state index contributed by atoms with van der Waals surface area (Å²) in [6, 6.07) is 38.8. The molecule has 0 spiro atoms. The second-order valence-electron chi connectivity index (χ2n) is 13.9. The zero-order chi connectivity index (χ0) is 34.4. The van der Waals surface area contributed by atoms with E-state index in [-0.39, 0.29) is 0 Å². The molecule has 0 fully saturated rings. The summed E-state index contributed by atoms with van der Waals surface area (Å²) in [5, 5.41) is 6.90. The van der Waals surface area contributed by atoms with Crippen molar-refractivity contribution in [3.8, 4) is 11.1 Å². The van der Waals surface area contributed by atoms with Gasteiger partial charge in [-0.05, 0) is 40.8 Å². The molecule has 3 nitrogen and oxygen atoms in total. The molecule has 230 valence electrons. The molecule has 0 aliphatic carbocycles. The van der Waals surface area contributed by atoms with Gasteiger partial charge < -0.3 is 13.7 Å². The second-order valence-corrected chi connectivity index (χ2v) is 13.9. The second kappa shape index (κ2) is 11.3. The Kier molecular flexibility index (Phi) is 6.97. The third kappa shape index (κ3) is 4.34. The average Bonchev–Trinajstić information content (AvgIpc) is 3.75. The van der Waals surface area contributed by atoms with Gasteiger partial charge in [0, 0.05) is 32.6 Å². The quantitative estimate of drug-likeness (QED) is 0.247. The van der Waals surface area contributed by atoms with Crippen molar-refractivity contribution in [2.75, 3.05) is 4.90 Å². The molecule has 50 heavy (non-hydrogen) atoms. The average molecular weight is 634 g/mol. The fourth-order valence-corrected chi connectivity index (χ4v) is 8.09. The standard InChI is InChI=1S/C40H32B7NO2/c41-29-27-28-30(42)32(44)34(46)36(40(28)50-39(27)35(47)33(45)31(29)43)48(22-16-13-20(14-17-22)19-7-2-1-3-8-19)26-12-6-11-24-25-18-15-21-9-4-5-10-23(21)37(25)49-38(24)26/h1-18H,41-47H2. The van der Waals surface area contributed by atoms with Crippen molar-refractivity contribution in [3.05, 3.63) is 109 Å². The maximum atomic E-state index is 7.12. The van der Waals surface area contributed by atoms with Gasteiger partial charge >= 0.3 is 0 Å². The van der Waals surface area contributed by atoms with E-state index in [2.05, 4.69) is 169 Å². The molecule has 7 aromatic carbocycles. The number of para-hydroxylation sites is 1. The molecule has 0 saturated carbocycles. The summed E-state index contributed by atoms with van der Waals surface area (Å²) < 4.78 is 14.1. The van der Waals surface area contributed by atoms with Gasteiger partial charge in [0.1, 0.15) is 66.1 Å². The molecule has 9 aromatic rings. The van der Waals surface area contributed by atoms with Gasteiger partial charge in [0.25, 0.3) is 0 Å². The molecule has 0 aliphatic heterocycles. The topological polar surface area (TPSA) is 29.5 Å². The summed E-state index contributed by atoms with van der Waals surface area (Å²) in [6.07, 6.45) is 0. The van der Waals surface area contributed by atoms with Crippen LogP contribution in [0.4, 0.5) is 17.1 Å². The van der Waals surface area contributed by atoms with Crippen LogP contribution in [0.5, 0.6) is 0 Å². The van der Waals surface area contributed by atoms with Crippen LogP contribution in [0.2, 0.25) is 0 Å². The van der Waals surface area contributed by atoms with E-state index in [4.69, 9.17) is 8.83 Å². The highest BCUT2D eigenvalue weighted by atomic mass is 16.3. The highest BCUT2D eigenvalue weighted by Crippen LogP contribution is 2.45. The van der Waals surface area contributed by atoms with Gasteiger partial charge in [-0.25, -0.2) is 0 Å². The number of benzene rings is 7. The summed E-state index contributed by atoms with van der Waals surface area (Å²) >= 11 is 0. The van der Waals surface area contributed by atoms with Gasteiger partial charge in [-0.1, -0.05) is 118 Å². The van der Waals surface area contributed by atoms with Crippen LogP contribution in [0.15, 0.2) is 118 Å². The molecule has 0 radical (unpaired) electrons. The van der Waals surface area contributed by atoms with Crippen LogP contribution >= 0.6 is 0 Å². The predicted molar refractivity (Wildman–Crippen MR) is 236 cm³/mol. The molecule has 0 saturated heterocycles. The molecule has 0 aliphatic rings. The van der Waals surface area contributed by atoms with Crippen molar-refractivity contribution >= 4 is 165 Å². The zero-order valence-electron chi connectivity index (χ0n) is 29.7. The lowest BCUT2D eigenvalue weighted by Gasteiger charge is -2.29. The minimum Gasteiger partial charge on any atom is -0.455 e. The van der Waals surface area contributed by atoms with Gasteiger partial charge in [-0.3, -0.25) is 0 Å². The van der Waals surface area contributed by atoms with Gasteiger partial charge in [-0.15, -0.1) is 5.46 Å². The minimum atomic E-state index is 0.854. The number of anilines is 3. The van der Waals surface area contributed by atoms with Crippen molar-refractivity contribution in [3.63, 3.8) is 0 Å². The first-order valence-electron chi connectivity index (χ1n) is 17.5. The van der Waals surface area contributed by atoms with E-state index in [1.165, 1.54) is 65.5 Å². The van der Waals surface area contributed by atoms with Gasteiger partial charge in [0.2, 0.25) is 0 Å². The fourth-order valence-electron chi connectivity index (χ4n) is 8.09. The highest BCUT2D eigenvalue weighted by Gasteiger charge is 2.28. The van der Waals surface area contributed by atoms with Crippen molar-refractivity contribution in [2.24, 2.45) is 0 Å². The van der Waals surface area contributed by atoms with Crippen LogP contribution in [0.25, 0.3) is 65.8 Å². The summed E-state index contributed by atoms with van der Waals surface area (Å²) in [7, 11) is 15.6. The molecule has 0 bridgehead atoms. The Morgan fingerprint density at radius 2 is 0.960 bits per heavy atom. The van der Waals surface area contributed by atoms with Crippen LogP contribution in [0.1, 0.15) is 0 Å². The third-order valence-corrected chi connectivity index (χ3v) is 11.4. The van der Waals surface area contributed by atoms with Gasteiger partial charge in [0.15, 0.2) is 11.2 Å². The van der Waals surface area contributed by atoms with Crippen molar-refractivity contribution < 1.29 is 8.83 Å². The Hall–Kier alpha value is -5.35. The smallest absolute Gasteiger partial charge is 0.159 e. The fraction of sp³-hybridized carbons (Fsp3) is 0. The third-order valence-electron chi connectivity index (χ3n) is 11.4. The largest absolute Gasteiger partial charge is 0.455 e. The molecule has 0 atom stereocenters. The number of nitrogens with zero attached hydrogens (tertiary/aromatic N) is 1. The minimum absolute atomic E-state index is 0.854. The molecular weight excluding hydrogens is 602 g/mol. The molecular formula is C40H32B7NO2. The number of hydrogen-bond donors (Lipinski definition) is 0. The molecule has 0 unspecified atom stereocenters. The van der Waals surface area contributed by atoms with Crippen LogP contribution in [-0.4, -0.2) is 54.9 Å². The van der Waals surface area contributed by atoms with E-state index in [0.717, 1.165) is 55.6 Å². The Balaban J connectivity index is 1.41. The summed E-state index contributed by atoms with van der Waals surface area (Å²) in [5.41, 5.74) is 17.9. The number of rotatable bonds is 4. The van der Waals surface area contributed by atoms with E-state index in [9.17, 15) is 0 Å². The lowest BCUT2D eigenvalue weighted by molar-refractivity contribution is 0.670. The summed E-state index contributed by atoms with van der Waals surface area (Å²) in [5.74, 6) is 0. The lowest BCUT2D eigenvalue weighted by Crippen LogP contribution is -2.48. The summed E-state index contributed by atoms with van der Waals surface area (Å²) in [6.45, 7) is 0. The Bertz CT molecular complexity index is 2840. The van der Waals surface area contributed by atoms with E-state index >= 15 is 0 Å². The van der Waals surface area contributed by atoms with Gasteiger partial charge in [0.05, 0.1) is 11.4 Å². The summed E-state index contributed by atoms with van der Waals surface area (Å²) in [4.78, 5) is 2.37. The van der Waals surface area contributed by atoms with Crippen LogP contribution in [0.3, 0.4) is 0 Å². The molecule has 2 aromatic heterocycles. The van der Waals surface area contributed by atoms with Crippen molar-refractivity contribution in [1.82, 2.24) is 0 Å². The van der Waals surface area contributed by atoms with E-state index < -0.39 is 0 Å². The van der Waals surface area contributed by atoms with Crippen molar-refractivity contribution in [2.45, 2.75) is 0 Å². The maximum absolute atomic E-state index is 7.12. The van der Waals surface area contributed by atoms with E-state index in [1.54, 1.807) is 0 Å².